The Kier molecular flexibility index (Phi) is 5.10. The molecule has 23 heavy (non-hydrogen) atoms. The molecular weight excluding hydrogens is 354 g/mol. The number of halogens is 3. The van der Waals surface area contributed by atoms with Gasteiger partial charge in [0.2, 0.25) is 5.91 Å². The van der Waals surface area contributed by atoms with E-state index in [9.17, 15) is 23.5 Å². The molecule has 1 atom stereocenters. The fraction of sp³-hybridized carbons (Fsp3) is 0.308. The third-order valence-electron chi connectivity index (χ3n) is 2.83. The lowest BCUT2D eigenvalue weighted by Gasteiger charge is -2.29. The zero-order valence-electron chi connectivity index (χ0n) is 11.7. The van der Waals surface area contributed by atoms with Gasteiger partial charge in [0.05, 0.1) is 16.9 Å². The molecule has 0 radical (unpaired) electrons. The lowest BCUT2D eigenvalue weighted by molar-refractivity contribution is -0.304. The molecule has 1 aromatic rings. The number of aliphatic imine (C=N–C) groups is 1. The Morgan fingerprint density at radius 3 is 2.61 bits per heavy atom. The molecule has 1 saturated heterocycles. The highest BCUT2D eigenvalue weighted by molar-refractivity contribution is 8.15. The first-order valence-electron chi connectivity index (χ1n) is 6.24. The minimum Gasteiger partial charge on any atom is -0.549 e. The second-order valence-corrected chi connectivity index (χ2v) is 6.13. The number of nitrogens with zero attached hydrogens (tertiary/aromatic N) is 2. The molecule has 10 heteroatoms. The van der Waals surface area contributed by atoms with Crippen LogP contribution in [0.15, 0.2) is 29.3 Å². The van der Waals surface area contributed by atoms with Crippen LogP contribution in [0.2, 0.25) is 0 Å². The number of thioether (sulfide) groups is 1. The molecule has 1 heterocycles. The van der Waals surface area contributed by atoms with E-state index in [1.165, 1.54) is 36.2 Å². The lowest BCUT2D eigenvalue weighted by Crippen LogP contribution is -2.45. The summed E-state index contributed by atoms with van der Waals surface area (Å²) in [7, 11) is 1.46. The van der Waals surface area contributed by atoms with Gasteiger partial charge in [-0.2, -0.15) is 0 Å². The summed E-state index contributed by atoms with van der Waals surface area (Å²) in [6, 6.07) is 5.18. The van der Waals surface area contributed by atoms with E-state index >= 15 is 0 Å². The van der Waals surface area contributed by atoms with E-state index in [0.717, 1.165) is 11.8 Å². The molecule has 1 aromatic carbocycles. The minimum absolute atomic E-state index is 0.165. The number of carboxylic acid groups (broad SMARTS) is 1. The monoisotopic (exact) mass is 363 g/mol. The Labute approximate surface area is 139 Å². The summed E-state index contributed by atoms with van der Waals surface area (Å²) >= 11 is 5.53. The van der Waals surface area contributed by atoms with Gasteiger partial charge >= 0.3 is 5.57 Å². The number of benzene rings is 1. The zero-order valence-corrected chi connectivity index (χ0v) is 13.2. The van der Waals surface area contributed by atoms with Crippen molar-refractivity contribution in [3.8, 4) is 5.75 Å². The minimum atomic E-state index is -3.82. The maximum Gasteiger partial charge on any atom is 0.487 e. The summed E-state index contributed by atoms with van der Waals surface area (Å²) < 4.78 is 29.2. The number of ether oxygens (including phenoxy) is 1. The van der Waals surface area contributed by atoms with E-state index in [1.54, 1.807) is 0 Å². The molecule has 0 unspecified atom stereocenters. The molecule has 6 nitrogen and oxygen atoms in total. The van der Waals surface area contributed by atoms with Gasteiger partial charge in [0.25, 0.3) is 0 Å². The molecule has 0 aliphatic carbocycles. The normalized spacial score (nSPS) is 20.7. The van der Waals surface area contributed by atoms with E-state index in [2.05, 4.69) is 21.3 Å². The molecule has 0 spiro atoms. The number of alkyl halides is 3. The van der Waals surface area contributed by atoms with Crippen molar-refractivity contribution in [1.82, 2.24) is 4.90 Å². The van der Waals surface area contributed by atoms with Crippen LogP contribution in [0.1, 0.15) is 6.42 Å². The predicted octanol–water partition coefficient (Wildman–Crippen LogP) is 1.56. The van der Waals surface area contributed by atoms with Crippen molar-refractivity contribution < 1.29 is 28.2 Å². The number of hydrogen-bond donors (Lipinski definition) is 0. The number of aliphatic carboxylic acids is 1. The van der Waals surface area contributed by atoms with Crippen molar-refractivity contribution in [3.05, 3.63) is 24.3 Å². The van der Waals surface area contributed by atoms with Crippen molar-refractivity contribution in [3.63, 3.8) is 0 Å². The molecule has 0 saturated carbocycles. The van der Waals surface area contributed by atoms with Gasteiger partial charge in [-0.15, -0.1) is 8.78 Å². The van der Waals surface area contributed by atoms with Crippen molar-refractivity contribution in [1.29, 1.82) is 0 Å². The maximum absolute atomic E-state index is 12.5. The van der Waals surface area contributed by atoms with Crippen LogP contribution in [0, 0.1) is 0 Å². The fourth-order valence-electron chi connectivity index (χ4n) is 1.72. The van der Waals surface area contributed by atoms with Crippen molar-refractivity contribution in [2.75, 3.05) is 7.05 Å². The molecule has 0 aromatic heterocycles. The van der Waals surface area contributed by atoms with Gasteiger partial charge in [-0.3, -0.25) is 9.69 Å². The highest BCUT2D eigenvalue weighted by Gasteiger charge is 2.30. The van der Waals surface area contributed by atoms with Crippen LogP contribution >= 0.6 is 23.4 Å². The number of carboxylic acids is 1. The van der Waals surface area contributed by atoms with Crippen LogP contribution < -0.4 is 9.84 Å². The van der Waals surface area contributed by atoms with Gasteiger partial charge in [-0.05, 0) is 24.3 Å². The van der Waals surface area contributed by atoms with E-state index in [4.69, 9.17) is 0 Å². The van der Waals surface area contributed by atoms with Crippen molar-refractivity contribution in [2.24, 2.45) is 4.99 Å². The SMILES string of the molecule is CN1C(=O)C[C@@H](C(=O)[O-])SC1=Nc1ccc(OC(F)(F)Cl)cc1. The Balaban J connectivity index is 2.19. The van der Waals surface area contributed by atoms with Crippen molar-refractivity contribution in [2.45, 2.75) is 17.2 Å². The number of hydrogen-bond acceptors (Lipinski definition) is 6. The van der Waals surface area contributed by atoms with Gasteiger partial charge < -0.3 is 14.6 Å². The van der Waals surface area contributed by atoms with Gasteiger partial charge in [0.1, 0.15) is 5.75 Å². The van der Waals surface area contributed by atoms with Crippen molar-refractivity contribution >= 4 is 46.1 Å². The van der Waals surface area contributed by atoms with Gasteiger partial charge in [0.15, 0.2) is 5.17 Å². The number of carbonyl (C=O) groups excluding carboxylic acids is 2. The summed E-state index contributed by atoms with van der Waals surface area (Å²) in [5.41, 5.74) is -3.49. The quantitative estimate of drug-likeness (QED) is 0.758. The Morgan fingerprint density at radius 1 is 1.48 bits per heavy atom. The average Bonchev–Trinajstić information content (AvgIpc) is 2.44. The molecule has 2 rings (SSSR count). The average molecular weight is 364 g/mol. The zero-order chi connectivity index (χ0) is 17.2. The number of amides is 1. The third kappa shape index (κ3) is 4.80. The molecule has 124 valence electrons. The standard InChI is InChI=1S/C13H11ClF2N2O4S/c1-18-10(19)6-9(11(20)21)23-12(18)17-7-2-4-8(5-3-7)22-13(14,15)16/h2-5,9H,6H2,1H3,(H,20,21)/p-1/t9-/m0/s1. The molecule has 1 aliphatic heterocycles. The Hall–Kier alpha value is -1.87. The molecule has 1 amide bonds. The lowest BCUT2D eigenvalue weighted by atomic mass is 10.3. The number of amidine groups is 1. The van der Waals surface area contributed by atoms with E-state index < -0.39 is 22.7 Å². The van der Waals surface area contributed by atoms with Crippen LogP contribution in [0.25, 0.3) is 0 Å². The summed E-state index contributed by atoms with van der Waals surface area (Å²) in [5, 5.41) is 10.1. The highest BCUT2D eigenvalue weighted by atomic mass is 35.5. The first-order valence-corrected chi connectivity index (χ1v) is 7.50. The number of rotatable bonds is 4. The molecule has 1 aliphatic rings. The van der Waals surface area contributed by atoms with Gasteiger partial charge in [-0.1, -0.05) is 11.8 Å². The number of carbonyl (C=O) groups is 2. The van der Waals surface area contributed by atoms with Gasteiger partial charge in [-0.25, -0.2) is 4.99 Å². The van der Waals surface area contributed by atoms with Crippen LogP contribution in [-0.4, -0.2) is 39.8 Å². The van der Waals surface area contributed by atoms with Crippen LogP contribution in [0.5, 0.6) is 5.75 Å². The smallest absolute Gasteiger partial charge is 0.487 e. The first kappa shape index (κ1) is 17.5. The summed E-state index contributed by atoms with van der Waals surface area (Å²) in [6.45, 7) is 0. The Bertz CT molecular complexity index is 648. The summed E-state index contributed by atoms with van der Waals surface area (Å²) in [6.07, 6.45) is -0.180. The van der Waals surface area contributed by atoms with Crippen LogP contribution in [0.4, 0.5) is 14.5 Å². The largest absolute Gasteiger partial charge is 0.549 e. The van der Waals surface area contributed by atoms with E-state index in [-0.39, 0.29) is 17.3 Å². The van der Waals surface area contributed by atoms with Crippen LogP contribution in [0.3, 0.4) is 0 Å². The first-order chi connectivity index (χ1) is 10.7. The van der Waals surface area contributed by atoms with E-state index in [0.29, 0.717) is 5.69 Å². The van der Waals surface area contributed by atoms with Crippen LogP contribution in [-0.2, 0) is 9.59 Å². The summed E-state index contributed by atoms with van der Waals surface area (Å²) in [5.74, 6) is -1.92. The predicted molar refractivity (Wildman–Crippen MR) is 78.7 cm³/mol. The molecule has 0 N–H and O–H groups in total. The molecular formula is C13H10ClF2N2O4S-. The van der Waals surface area contributed by atoms with E-state index in [1.807, 2.05) is 0 Å². The maximum atomic E-state index is 12.5. The topological polar surface area (TPSA) is 82.0 Å². The third-order valence-corrected chi connectivity index (χ3v) is 4.12. The second-order valence-electron chi connectivity index (χ2n) is 4.52. The Morgan fingerprint density at radius 2 is 2.09 bits per heavy atom. The van der Waals surface area contributed by atoms with Gasteiger partial charge in [0, 0.05) is 25.1 Å². The molecule has 1 fully saturated rings. The summed E-state index contributed by atoms with van der Waals surface area (Å²) in [4.78, 5) is 28.0. The highest BCUT2D eigenvalue weighted by Crippen LogP contribution is 2.30. The second kappa shape index (κ2) is 6.71. The molecule has 0 bridgehead atoms. The fourth-order valence-corrected chi connectivity index (χ4v) is 2.80.